The molecule has 0 heterocycles. The second kappa shape index (κ2) is 5.53. The van der Waals surface area contributed by atoms with Crippen molar-refractivity contribution < 1.29 is 28.2 Å². The third-order valence-electron chi connectivity index (χ3n) is 1.97. The number of phenolic OH excluding ortho intramolecular Hbond substituents is 1. The molecule has 0 fully saturated rings. The van der Waals surface area contributed by atoms with Gasteiger partial charge in [-0.1, -0.05) is 0 Å². The SMILES string of the molecule is O=C(NCC(O)C(F)F)c1cc(F)ccc1O. The van der Waals surface area contributed by atoms with E-state index in [0.29, 0.717) is 0 Å². The number of nitrogens with one attached hydrogen (secondary N) is 1. The van der Waals surface area contributed by atoms with Crippen LogP contribution in [0.1, 0.15) is 10.4 Å². The minimum atomic E-state index is -2.99. The van der Waals surface area contributed by atoms with Gasteiger partial charge in [0.05, 0.1) is 5.56 Å². The highest BCUT2D eigenvalue weighted by Crippen LogP contribution is 2.17. The largest absolute Gasteiger partial charge is 0.507 e. The van der Waals surface area contributed by atoms with Crippen LogP contribution in [0.2, 0.25) is 0 Å². The molecule has 0 spiro atoms. The van der Waals surface area contributed by atoms with Crippen LogP contribution in [-0.2, 0) is 0 Å². The zero-order chi connectivity index (χ0) is 13.0. The molecule has 0 aliphatic heterocycles. The van der Waals surface area contributed by atoms with Crippen molar-refractivity contribution in [2.75, 3.05) is 6.54 Å². The van der Waals surface area contributed by atoms with Crippen LogP contribution >= 0.6 is 0 Å². The maximum absolute atomic E-state index is 12.8. The van der Waals surface area contributed by atoms with Gasteiger partial charge >= 0.3 is 0 Å². The molecule has 0 aliphatic rings. The number of halogens is 3. The van der Waals surface area contributed by atoms with Crippen molar-refractivity contribution in [3.63, 3.8) is 0 Å². The van der Waals surface area contributed by atoms with Gasteiger partial charge in [0.25, 0.3) is 12.3 Å². The first-order valence-corrected chi connectivity index (χ1v) is 4.64. The molecular weight excluding hydrogens is 239 g/mol. The van der Waals surface area contributed by atoms with E-state index in [-0.39, 0.29) is 5.56 Å². The molecule has 1 unspecified atom stereocenters. The average molecular weight is 249 g/mol. The lowest BCUT2D eigenvalue weighted by atomic mass is 10.2. The molecule has 1 rings (SSSR count). The highest BCUT2D eigenvalue weighted by molar-refractivity contribution is 5.96. The van der Waals surface area contributed by atoms with Crippen LogP contribution in [-0.4, -0.2) is 35.2 Å². The molecule has 1 aromatic carbocycles. The minimum Gasteiger partial charge on any atom is -0.507 e. The fourth-order valence-corrected chi connectivity index (χ4v) is 1.07. The summed E-state index contributed by atoms with van der Waals surface area (Å²) in [6.07, 6.45) is -4.99. The van der Waals surface area contributed by atoms with Gasteiger partial charge in [0.15, 0.2) is 0 Å². The number of aliphatic hydroxyl groups excluding tert-OH is 1. The van der Waals surface area contributed by atoms with Crippen LogP contribution < -0.4 is 5.32 Å². The van der Waals surface area contributed by atoms with Crippen LogP contribution in [0, 0.1) is 5.82 Å². The first kappa shape index (κ1) is 13.3. The smallest absolute Gasteiger partial charge is 0.265 e. The Morgan fingerprint density at radius 1 is 1.41 bits per heavy atom. The second-order valence-corrected chi connectivity index (χ2v) is 3.27. The predicted octanol–water partition coefficient (Wildman–Crippen LogP) is 0.887. The maximum atomic E-state index is 12.8. The van der Waals surface area contributed by atoms with Gasteiger partial charge in [-0.15, -0.1) is 0 Å². The van der Waals surface area contributed by atoms with Gasteiger partial charge in [0.2, 0.25) is 0 Å². The number of aromatic hydroxyl groups is 1. The predicted molar refractivity (Wildman–Crippen MR) is 52.4 cm³/mol. The van der Waals surface area contributed by atoms with Gasteiger partial charge in [0, 0.05) is 6.54 Å². The molecule has 4 nitrogen and oxygen atoms in total. The summed E-state index contributed by atoms with van der Waals surface area (Å²) in [5, 5.41) is 19.9. The molecule has 94 valence electrons. The van der Waals surface area contributed by atoms with Crippen molar-refractivity contribution >= 4 is 5.91 Å². The molecule has 0 radical (unpaired) electrons. The monoisotopic (exact) mass is 249 g/mol. The Labute approximate surface area is 94.7 Å². The first-order valence-electron chi connectivity index (χ1n) is 4.64. The molecule has 0 saturated carbocycles. The van der Waals surface area contributed by atoms with E-state index in [0.717, 1.165) is 18.2 Å². The number of aliphatic hydroxyl groups is 1. The number of alkyl halides is 2. The lowest BCUT2D eigenvalue weighted by Crippen LogP contribution is -2.35. The number of carbonyl (C=O) groups excluding carboxylic acids is 1. The highest BCUT2D eigenvalue weighted by Gasteiger charge is 2.19. The second-order valence-electron chi connectivity index (χ2n) is 3.27. The van der Waals surface area contributed by atoms with Crippen molar-refractivity contribution in [2.24, 2.45) is 0 Å². The zero-order valence-electron chi connectivity index (χ0n) is 8.53. The molecule has 0 aromatic heterocycles. The van der Waals surface area contributed by atoms with E-state index in [1.165, 1.54) is 0 Å². The number of phenols is 1. The van der Waals surface area contributed by atoms with Gasteiger partial charge in [-0.2, -0.15) is 0 Å². The average Bonchev–Trinajstić information content (AvgIpc) is 2.28. The number of carbonyl (C=O) groups is 1. The quantitative estimate of drug-likeness (QED) is 0.742. The van der Waals surface area contributed by atoms with Gasteiger partial charge in [-0.05, 0) is 18.2 Å². The summed E-state index contributed by atoms with van der Waals surface area (Å²) in [6, 6.07) is 2.67. The lowest BCUT2D eigenvalue weighted by Gasteiger charge is -2.11. The Balaban J connectivity index is 2.67. The van der Waals surface area contributed by atoms with Crippen LogP contribution in [0.3, 0.4) is 0 Å². The summed E-state index contributed by atoms with van der Waals surface area (Å²) in [7, 11) is 0. The van der Waals surface area contributed by atoms with Crippen molar-refractivity contribution in [1.82, 2.24) is 5.32 Å². The van der Waals surface area contributed by atoms with Crippen molar-refractivity contribution in [3.8, 4) is 5.75 Å². The normalized spacial score (nSPS) is 12.5. The Morgan fingerprint density at radius 2 is 2.06 bits per heavy atom. The Morgan fingerprint density at radius 3 is 2.65 bits per heavy atom. The summed E-state index contributed by atoms with van der Waals surface area (Å²) in [5.41, 5.74) is -0.383. The fraction of sp³-hybridized carbons (Fsp3) is 0.300. The molecule has 0 aliphatic carbocycles. The molecule has 17 heavy (non-hydrogen) atoms. The van der Waals surface area contributed by atoms with Crippen LogP contribution in [0.15, 0.2) is 18.2 Å². The molecule has 0 saturated heterocycles. The van der Waals surface area contributed by atoms with Gasteiger partial charge in [-0.3, -0.25) is 4.79 Å². The standard InChI is InChI=1S/C10H10F3NO3/c11-5-1-2-7(15)6(3-5)10(17)14-4-8(16)9(12)13/h1-3,8-9,15-16H,4H2,(H,14,17). The van der Waals surface area contributed by atoms with E-state index in [1.54, 1.807) is 0 Å². The number of hydrogen-bond acceptors (Lipinski definition) is 3. The third-order valence-corrected chi connectivity index (χ3v) is 1.97. The number of amides is 1. The van der Waals surface area contributed by atoms with Gasteiger partial charge in [-0.25, -0.2) is 13.2 Å². The van der Waals surface area contributed by atoms with E-state index in [4.69, 9.17) is 5.11 Å². The molecular formula is C10H10F3NO3. The number of hydrogen-bond donors (Lipinski definition) is 3. The summed E-state index contributed by atoms with van der Waals surface area (Å²) in [5.74, 6) is -2.17. The fourth-order valence-electron chi connectivity index (χ4n) is 1.07. The summed E-state index contributed by atoms with van der Waals surface area (Å²) in [4.78, 5) is 11.4. The van der Waals surface area contributed by atoms with Crippen LogP contribution in [0.4, 0.5) is 13.2 Å². The van der Waals surface area contributed by atoms with Crippen molar-refractivity contribution in [3.05, 3.63) is 29.6 Å². The van der Waals surface area contributed by atoms with E-state index in [1.807, 2.05) is 5.32 Å². The molecule has 1 aromatic rings. The topological polar surface area (TPSA) is 69.6 Å². The maximum Gasteiger partial charge on any atom is 0.265 e. The summed E-state index contributed by atoms with van der Waals surface area (Å²) in [6.45, 7) is -0.688. The van der Waals surface area contributed by atoms with Gasteiger partial charge < -0.3 is 15.5 Å². The van der Waals surface area contributed by atoms with Crippen molar-refractivity contribution in [2.45, 2.75) is 12.5 Å². The summed E-state index contributed by atoms with van der Waals surface area (Å²) >= 11 is 0. The molecule has 3 N–H and O–H groups in total. The molecule has 1 atom stereocenters. The van der Waals surface area contributed by atoms with E-state index in [9.17, 15) is 23.1 Å². The van der Waals surface area contributed by atoms with E-state index in [2.05, 4.69) is 0 Å². The Kier molecular flexibility index (Phi) is 4.33. The highest BCUT2D eigenvalue weighted by atomic mass is 19.3. The summed E-state index contributed by atoms with van der Waals surface area (Å²) < 4.78 is 36.6. The van der Waals surface area contributed by atoms with Gasteiger partial charge in [0.1, 0.15) is 17.7 Å². The van der Waals surface area contributed by atoms with Crippen LogP contribution in [0.25, 0.3) is 0 Å². The molecule has 0 bridgehead atoms. The first-order chi connectivity index (χ1) is 7.91. The zero-order valence-corrected chi connectivity index (χ0v) is 8.53. The van der Waals surface area contributed by atoms with E-state index < -0.39 is 36.5 Å². The van der Waals surface area contributed by atoms with Crippen LogP contribution in [0.5, 0.6) is 5.75 Å². The lowest BCUT2D eigenvalue weighted by molar-refractivity contribution is -0.00271. The minimum absolute atomic E-state index is 0.383. The molecule has 1 amide bonds. The van der Waals surface area contributed by atoms with E-state index >= 15 is 0 Å². The third kappa shape index (κ3) is 3.63. The number of benzene rings is 1. The number of rotatable bonds is 4. The molecule has 7 heteroatoms. The Bertz CT molecular complexity index is 412. The Hall–Kier alpha value is -1.76. The van der Waals surface area contributed by atoms with Crippen molar-refractivity contribution in [1.29, 1.82) is 0 Å².